The molecule has 3 heteroatoms. The Morgan fingerprint density at radius 1 is 0.593 bits per heavy atom. The Labute approximate surface area is 164 Å². The van der Waals surface area contributed by atoms with Crippen molar-refractivity contribution in [1.82, 2.24) is 0 Å². The van der Waals surface area contributed by atoms with Crippen LogP contribution in [-0.4, -0.2) is 0 Å². The lowest BCUT2D eigenvalue weighted by atomic mass is 10.0. The summed E-state index contributed by atoms with van der Waals surface area (Å²) >= 11 is 1.89. The standard InChI is InChI=1S/C24H16NPS/c1-2-9-17(10-3-1)26-21-14-6-4-11-18(21)19-12-8-16-23-24(19)25(26)20-13-5-7-15-22(20)27-23/h1-16H. The Morgan fingerprint density at radius 2 is 1.30 bits per heavy atom. The molecule has 6 rings (SSSR count). The number of rotatable bonds is 1. The number of para-hydroxylation sites is 2. The molecule has 0 spiro atoms. The van der Waals surface area contributed by atoms with Crippen LogP contribution in [-0.2, 0) is 0 Å². The Balaban J connectivity index is 1.73. The van der Waals surface area contributed by atoms with Crippen molar-refractivity contribution in [3.8, 4) is 11.1 Å². The van der Waals surface area contributed by atoms with Crippen molar-refractivity contribution in [2.24, 2.45) is 0 Å². The minimum absolute atomic E-state index is 0.664. The molecule has 1 unspecified atom stereocenters. The first-order valence-corrected chi connectivity index (χ1v) is 11.2. The van der Waals surface area contributed by atoms with Gasteiger partial charge in [-0.25, -0.2) is 0 Å². The molecule has 0 aliphatic carbocycles. The van der Waals surface area contributed by atoms with Crippen LogP contribution in [0.25, 0.3) is 11.1 Å². The van der Waals surface area contributed by atoms with Crippen molar-refractivity contribution in [3.05, 3.63) is 97.1 Å². The van der Waals surface area contributed by atoms with Gasteiger partial charge < -0.3 is 4.67 Å². The summed E-state index contributed by atoms with van der Waals surface area (Å²) in [4.78, 5) is 2.69. The summed E-state index contributed by atoms with van der Waals surface area (Å²) in [6.45, 7) is 0. The lowest BCUT2D eigenvalue weighted by Gasteiger charge is -2.44. The Bertz CT molecular complexity index is 1170. The van der Waals surface area contributed by atoms with E-state index >= 15 is 0 Å². The van der Waals surface area contributed by atoms with E-state index in [1.54, 1.807) is 0 Å². The summed E-state index contributed by atoms with van der Waals surface area (Å²) in [6, 6.07) is 35.5. The maximum absolute atomic E-state index is 2.61. The number of hydrogen-bond donors (Lipinski definition) is 0. The summed E-state index contributed by atoms with van der Waals surface area (Å²) in [5, 5.41) is 2.83. The van der Waals surface area contributed by atoms with E-state index in [9.17, 15) is 0 Å². The fourth-order valence-electron chi connectivity index (χ4n) is 4.02. The molecular weight excluding hydrogens is 365 g/mol. The highest BCUT2D eigenvalue weighted by Crippen LogP contribution is 2.62. The third-order valence-electron chi connectivity index (χ3n) is 5.15. The number of fused-ring (bicyclic) bond motifs is 4. The molecular formula is C24H16NPS. The number of benzene rings is 4. The molecule has 2 aliphatic rings. The predicted molar refractivity (Wildman–Crippen MR) is 117 cm³/mol. The van der Waals surface area contributed by atoms with Crippen LogP contribution >= 0.6 is 19.8 Å². The largest absolute Gasteiger partial charge is 0.309 e. The summed E-state index contributed by atoms with van der Waals surface area (Å²) < 4.78 is 2.61. The molecule has 27 heavy (non-hydrogen) atoms. The highest BCUT2D eigenvalue weighted by molar-refractivity contribution is 8.00. The van der Waals surface area contributed by atoms with Crippen molar-refractivity contribution in [2.45, 2.75) is 9.79 Å². The monoisotopic (exact) mass is 381 g/mol. The van der Waals surface area contributed by atoms with Crippen molar-refractivity contribution in [1.29, 1.82) is 0 Å². The molecule has 0 amide bonds. The highest BCUT2D eigenvalue weighted by atomic mass is 32.2. The van der Waals surface area contributed by atoms with Gasteiger partial charge >= 0.3 is 0 Å². The van der Waals surface area contributed by atoms with Gasteiger partial charge in [-0.3, -0.25) is 0 Å². The van der Waals surface area contributed by atoms with Crippen LogP contribution in [0.5, 0.6) is 0 Å². The zero-order valence-electron chi connectivity index (χ0n) is 14.5. The second-order valence-electron chi connectivity index (χ2n) is 6.70. The van der Waals surface area contributed by atoms with Crippen LogP contribution in [0.4, 0.5) is 11.4 Å². The van der Waals surface area contributed by atoms with Crippen molar-refractivity contribution in [3.63, 3.8) is 0 Å². The van der Waals surface area contributed by atoms with Gasteiger partial charge in [0.2, 0.25) is 0 Å². The molecule has 1 nitrogen and oxygen atoms in total. The molecule has 0 radical (unpaired) electrons. The second-order valence-corrected chi connectivity index (χ2v) is 9.80. The number of hydrogen-bond acceptors (Lipinski definition) is 2. The Morgan fingerprint density at radius 3 is 2.22 bits per heavy atom. The van der Waals surface area contributed by atoms with E-state index in [0.717, 1.165) is 0 Å². The maximum Gasteiger partial charge on any atom is 0.0672 e. The lowest BCUT2D eigenvalue weighted by Crippen LogP contribution is -2.31. The van der Waals surface area contributed by atoms with Gasteiger partial charge in [-0.05, 0) is 23.8 Å². The third kappa shape index (κ3) is 2.24. The smallest absolute Gasteiger partial charge is 0.0672 e. The molecule has 4 aromatic rings. The predicted octanol–water partition coefficient (Wildman–Crippen LogP) is 6.32. The Kier molecular flexibility index (Phi) is 3.44. The average Bonchev–Trinajstić information content (AvgIpc) is 2.74. The SMILES string of the molecule is c1ccc(P2c3ccccc3-c3cccc4c3N2c2ccccc2S4)cc1. The first-order chi connectivity index (χ1) is 13.4. The van der Waals surface area contributed by atoms with Crippen LogP contribution in [0.1, 0.15) is 0 Å². The van der Waals surface area contributed by atoms with Gasteiger partial charge in [-0.1, -0.05) is 90.6 Å². The van der Waals surface area contributed by atoms with E-state index in [0.29, 0.717) is 0 Å². The van der Waals surface area contributed by atoms with Crippen molar-refractivity contribution >= 4 is 41.8 Å². The highest BCUT2D eigenvalue weighted by Gasteiger charge is 2.38. The molecule has 0 saturated carbocycles. The van der Waals surface area contributed by atoms with Crippen LogP contribution in [0, 0.1) is 0 Å². The van der Waals surface area contributed by atoms with Crippen LogP contribution in [0.3, 0.4) is 0 Å². The van der Waals surface area contributed by atoms with E-state index in [-0.39, 0.29) is 0 Å². The molecule has 0 N–H and O–H groups in total. The fourth-order valence-corrected chi connectivity index (χ4v) is 7.89. The topological polar surface area (TPSA) is 3.24 Å². The average molecular weight is 381 g/mol. The van der Waals surface area contributed by atoms with Crippen molar-refractivity contribution < 1.29 is 0 Å². The van der Waals surface area contributed by atoms with Gasteiger partial charge in [0.25, 0.3) is 0 Å². The number of anilines is 2. The Hall–Kier alpha value is -2.54. The molecule has 0 bridgehead atoms. The zero-order valence-corrected chi connectivity index (χ0v) is 16.3. The van der Waals surface area contributed by atoms with E-state index < -0.39 is 8.07 Å². The van der Waals surface area contributed by atoms with Crippen LogP contribution in [0.15, 0.2) is 107 Å². The summed E-state index contributed by atoms with van der Waals surface area (Å²) in [6.07, 6.45) is 0. The van der Waals surface area contributed by atoms with Gasteiger partial charge in [0.15, 0.2) is 0 Å². The summed E-state index contributed by atoms with van der Waals surface area (Å²) in [5.41, 5.74) is 5.42. The van der Waals surface area contributed by atoms with Crippen LogP contribution in [0.2, 0.25) is 0 Å². The van der Waals surface area contributed by atoms with Gasteiger partial charge in [0.1, 0.15) is 0 Å². The molecule has 2 heterocycles. The fraction of sp³-hybridized carbons (Fsp3) is 0. The third-order valence-corrected chi connectivity index (χ3v) is 8.71. The van der Waals surface area contributed by atoms with Gasteiger partial charge in [-0.15, -0.1) is 0 Å². The minimum Gasteiger partial charge on any atom is -0.309 e. The van der Waals surface area contributed by atoms with Gasteiger partial charge in [0.05, 0.1) is 19.4 Å². The first-order valence-electron chi connectivity index (χ1n) is 9.06. The molecule has 0 saturated heterocycles. The molecule has 1 atom stereocenters. The first kappa shape index (κ1) is 15.5. The van der Waals surface area contributed by atoms with E-state index in [1.165, 1.54) is 42.9 Å². The van der Waals surface area contributed by atoms with E-state index in [2.05, 4.69) is 102 Å². The number of nitrogens with zero attached hydrogens (tertiary/aromatic N) is 1. The van der Waals surface area contributed by atoms with Crippen molar-refractivity contribution in [2.75, 3.05) is 4.67 Å². The van der Waals surface area contributed by atoms with Gasteiger partial charge in [-0.2, -0.15) is 0 Å². The maximum atomic E-state index is 2.61. The molecule has 128 valence electrons. The molecule has 0 aromatic heterocycles. The lowest BCUT2D eigenvalue weighted by molar-refractivity contribution is 1.23. The molecule has 4 aromatic carbocycles. The summed E-state index contributed by atoms with van der Waals surface area (Å²) in [5.74, 6) is 0. The van der Waals surface area contributed by atoms with Crippen LogP contribution < -0.4 is 15.3 Å². The minimum atomic E-state index is -0.664. The van der Waals surface area contributed by atoms with E-state index in [1.807, 2.05) is 11.8 Å². The second kappa shape index (κ2) is 5.99. The van der Waals surface area contributed by atoms with E-state index in [4.69, 9.17) is 0 Å². The molecule has 2 aliphatic heterocycles. The normalized spacial score (nSPS) is 16.3. The summed E-state index contributed by atoms with van der Waals surface area (Å²) in [7, 11) is -0.664. The quantitative estimate of drug-likeness (QED) is 0.355. The van der Waals surface area contributed by atoms with Gasteiger partial charge in [0, 0.05) is 26.0 Å². The molecule has 0 fully saturated rings. The zero-order chi connectivity index (χ0) is 17.8.